The maximum atomic E-state index is 12.0. The van der Waals surface area contributed by atoms with Gasteiger partial charge in [-0.2, -0.15) is 0 Å². The average molecular weight is 290 g/mol. The lowest BCUT2D eigenvalue weighted by Crippen LogP contribution is -2.38. The molecule has 1 saturated carbocycles. The Morgan fingerprint density at radius 2 is 2.00 bits per heavy atom. The molecular formula is C16H22N2O3. The van der Waals surface area contributed by atoms with Gasteiger partial charge >= 0.3 is 12.0 Å². The molecule has 0 radical (unpaired) electrons. The fourth-order valence-corrected chi connectivity index (χ4v) is 2.48. The lowest BCUT2D eigenvalue weighted by molar-refractivity contribution is 0.0697. The first-order chi connectivity index (χ1) is 10.0. The largest absolute Gasteiger partial charge is 0.478 e. The minimum absolute atomic E-state index is 0.0686. The minimum Gasteiger partial charge on any atom is -0.478 e. The zero-order valence-electron chi connectivity index (χ0n) is 12.5. The number of nitrogens with zero attached hydrogens (tertiary/aromatic N) is 1. The van der Waals surface area contributed by atoms with Crippen molar-refractivity contribution in [2.45, 2.75) is 38.8 Å². The van der Waals surface area contributed by atoms with Crippen LogP contribution in [0.2, 0.25) is 0 Å². The van der Waals surface area contributed by atoms with E-state index in [0.717, 1.165) is 18.4 Å². The zero-order valence-corrected chi connectivity index (χ0v) is 12.5. The van der Waals surface area contributed by atoms with Crippen LogP contribution in [0.25, 0.3) is 0 Å². The Morgan fingerprint density at radius 1 is 1.33 bits per heavy atom. The summed E-state index contributed by atoms with van der Waals surface area (Å²) in [6, 6.07) is 6.85. The summed E-state index contributed by atoms with van der Waals surface area (Å²) in [5.74, 6) is -0.300. The molecule has 1 aromatic carbocycles. The van der Waals surface area contributed by atoms with Crippen molar-refractivity contribution in [3.05, 3.63) is 35.4 Å². The van der Waals surface area contributed by atoms with Crippen molar-refractivity contribution in [2.24, 2.45) is 5.92 Å². The minimum atomic E-state index is -0.941. The van der Waals surface area contributed by atoms with E-state index >= 15 is 0 Å². The predicted octanol–water partition coefficient (Wildman–Crippen LogP) is 2.71. The molecule has 2 rings (SSSR count). The molecule has 5 nitrogen and oxygen atoms in total. The predicted molar refractivity (Wildman–Crippen MR) is 80.2 cm³/mol. The molecule has 0 spiro atoms. The molecule has 2 N–H and O–H groups in total. The van der Waals surface area contributed by atoms with Gasteiger partial charge in [0.25, 0.3) is 0 Å². The molecule has 5 heteroatoms. The van der Waals surface area contributed by atoms with E-state index in [4.69, 9.17) is 5.11 Å². The number of carbonyl (C=O) groups is 2. The second-order valence-electron chi connectivity index (χ2n) is 5.70. The Bertz CT molecular complexity index is 513. The van der Waals surface area contributed by atoms with Crippen molar-refractivity contribution < 1.29 is 14.7 Å². The fourth-order valence-electron chi connectivity index (χ4n) is 2.48. The topological polar surface area (TPSA) is 69.6 Å². The van der Waals surface area contributed by atoms with Gasteiger partial charge in [-0.3, -0.25) is 0 Å². The molecule has 1 aliphatic rings. The Hall–Kier alpha value is -2.04. The van der Waals surface area contributed by atoms with E-state index in [1.165, 1.54) is 6.42 Å². The molecular weight excluding hydrogens is 268 g/mol. The van der Waals surface area contributed by atoms with Crippen LogP contribution in [0.5, 0.6) is 0 Å². The normalized spacial score (nSPS) is 19.9. The molecule has 0 aliphatic heterocycles. The van der Waals surface area contributed by atoms with Gasteiger partial charge in [0, 0.05) is 19.6 Å². The smallest absolute Gasteiger partial charge is 0.335 e. The van der Waals surface area contributed by atoms with Crippen LogP contribution in [-0.4, -0.2) is 35.1 Å². The zero-order chi connectivity index (χ0) is 15.4. The highest BCUT2D eigenvalue weighted by atomic mass is 16.4. The molecule has 1 aromatic rings. The summed E-state index contributed by atoms with van der Waals surface area (Å²) < 4.78 is 0. The summed E-state index contributed by atoms with van der Waals surface area (Å²) in [7, 11) is 1.75. The van der Waals surface area contributed by atoms with Crippen molar-refractivity contribution >= 4 is 12.0 Å². The van der Waals surface area contributed by atoms with Gasteiger partial charge in [-0.1, -0.05) is 25.5 Å². The van der Waals surface area contributed by atoms with E-state index in [0.29, 0.717) is 18.5 Å². The Labute approximate surface area is 125 Å². The molecule has 2 amide bonds. The first-order valence-electron chi connectivity index (χ1n) is 7.35. The van der Waals surface area contributed by atoms with Crippen LogP contribution in [0, 0.1) is 5.92 Å². The van der Waals surface area contributed by atoms with Crippen LogP contribution in [0.1, 0.15) is 42.1 Å². The third kappa shape index (κ3) is 4.21. The van der Waals surface area contributed by atoms with Crippen molar-refractivity contribution in [3.63, 3.8) is 0 Å². The second-order valence-corrected chi connectivity index (χ2v) is 5.70. The van der Waals surface area contributed by atoms with Gasteiger partial charge < -0.3 is 15.3 Å². The van der Waals surface area contributed by atoms with Crippen molar-refractivity contribution in [1.29, 1.82) is 0 Å². The van der Waals surface area contributed by atoms with E-state index in [-0.39, 0.29) is 11.6 Å². The highest BCUT2D eigenvalue weighted by molar-refractivity contribution is 5.87. The van der Waals surface area contributed by atoms with E-state index < -0.39 is 5.97 Å². The number of urea groups is 1. The van der Waals surface area contributed by atoms with E-state index in [1.54, 1.807) is 36.2 Å². The van der Waals surface area contributed by atoms with Crippen LogP contribution in [0.4, 0.5) is 4.79 Å². The van der Waals surface area contributed by atoms with Crippen molar-refractivity contribution in [3.8, 4) is 0 Å². The molecule has 0 heterocycles. The molecule has 0 saturated heterocycles. The molecule has 0 bridgehead atoms. The number of nitrogens with one attached hydrogen (secondary N) is 1. The summed E-state index contributed by atoms with van der Waals surface area (Å²) in [6.07, 6.45) is 3.41. The van der Waals surface area contributed by atoms with Gasteiger partial charge in [0.2, 0.25) is 0 Å². The lowest BCUT2D eigenvalue weighted by atomic mass is 10.1. The number of benzene rings is 1. The third-order valence-electron chi connectivity index (χ3n) is 3.86. The number of amides is 2. The van der Waals surface area contributed by atoms with Gasteiger partial charge in [-0.25, -0.2) is 9.59 Å². The van der Waals surface area contributed by atoms with E-state index in [2.05, 4.69) is 12.2 Å². The Kier molecular flexibility index (Phi) is 4.83. The number of hydrogen-bond donors (Lipinski definition) is 2. The van der Waals surface area contributed by atoms with Crippen LogP contribution in [-0.2, 0) is 6.54 Å². The maximum Gasteiger partial charge on any atom is 0.335 e. The highest BCUT2D eigenvalue weighted by Crippen LogP contribution is 2.34. The first-order valence-corrected chi connectivity index (χ1v) is 7.35. The van der Waals surface area contributed by atoms with Gasteiger partial charge in [0.1, 0.15) is 0 Å². The third-order valence-corrected chi connectivity index (χ3v) is 3.86. The summed E-state index contributed by atoms with van der Waals surface area (Å²) >= 11 is 0. The fraction of sp³-hybridized carbons (Fsp3) is 0.500. The van der Waals surface area contributed by atoms with Crippen LogP contribution < -0.4 is 5.32 Å². The molecule has 0 aromatic heterocycles. The molecule has 2 unspecified atom stereocenters. The SMILES string of the molecule is CCCC1CC1NC(=O)N(C)Cc1ccc(C(=O)O)cc1. The van der Waals surface area contributed by atoms with E-state index in [1.807, 2.05) is 0 Å². The number of hydrogen-bond acceptors (Lipinski definition) is 2. The number of rotatable bonds is 6. The van der Waals surface area contributed by atoms with Gasteiger partial charge in [-0.15, -0.1) is 0 Å². The number of carboxylic acid groups (broad SMARTS) is 1. The summed E-state index contributed by atoms with van der Waals surface area (Å²) in [5, 5.41) is 11.9. The summed E-state index contributed by atoms with van der Waals surface area (Å²) in [4.78, 5) is 24.4. The number of carboxylic acids is 1. The van der Waals surface area contributed by atoms with Crippen molar-refractivity contribution in [2.75, 3.05) is 7.05 Å². The van der Waals surface area contributed by atoms with Gasteiger partial charge in [0.15, 0.2) is 0 Å². The Morgan fingerprint density at radius 3 is 2.57 bits per heavy atom. The molecule has 2 atom stereocenters. The monoisotopic (exact) mass is 290 g/mol. The van der Waals surface area contributed by atoms with Crippen LogP contribution >= 0.6 is 0 Å². The van der Waals surface area contributed by atoms with Crippen LogP contribution in [0.3, 0.4) is 0 Å². The van der Waals surface area contributed by atoms with Gasteiger partial charge in [-0.05, 0) is 36.5 Å². The second kappa shape index (κ2) is 6.61. The lowest BCUT2D eigenvalue weighted by Gasteiger charge is -2.18. The average Bonchev–Trinajstić information content (AvgIpc) is 3.17. The Balaban J connectivity index is 1.82. The maximum absolute atomic E-state index is 12.0. The standard InChI is InChI=1S/C16H22N2O3/c1-3-4-13-9-14(13)17-16(21)18(2)10-11-5-7-12(8-6-11)15(19)20/h5-8,13-14H,3-4,9-10H2,1-2H3,(H,17,21)(H,19,20). The summed E-state index contributed by atoms with van der Waals surface area (Å²) in [5.41, 5.74) is 1.17. The van der Waals surface area contributed by atoms with Crippen LogP contribution in [0.15, 0.2) is 24.3 Å². The summed E-state index contributed by atoms with van der Waals surface area (Å²) in [6.45, 7) is 2.63. The molecule has 1 fully saturated rings. The van der Waals surface area contributed by atoms with Gasteiger partial charge in [0.05, 0.1) is 5.56 Å². The highest BCUT2D eigenvalue weighted by Gasteiger charge is 2.37. The van der Waals surface area contributed by atoms with Crippen molar-refractivity contribution in [1.82, 2.24) is 10.2 Å². The number of carbonyl (C=O) groups excluding carboxylic acids is 1. The number of aromatic carboxylic acids is 1. The van der Waals surface area contributed by atoms with E-state index in [9.17, 15) is 9.59 Å². The quantitative estimate of drug-likeness (QED) is 0.846. The molecule has 1 aliphatic carbocycles. The molecule has 114 valence electrons. The molecule has 21 heavy (non-hydrogen) atoms. The first kappa shape index (κ1) is 15.4.